The number of hydrogen-bond acceptors (Lipinski definition) is 6. The third-order valence-corrected chi connectivity index (χ3v) is 4.64. The maximum atomic E-state index is 9.48. The molecule has 3 N–H and O–H groups in total. The zero-order valence-corrected chi connectivity index (χ0v) is 13.6. The fraction of sp³-hybridized carbons (Fsp3) is 0.615. The number of nitrogens with zero attached hydrogens (tertiary/aromatic N) is 2. The minimum atomic E-state index is -0.705. The molecule has 0 aliphatic heterocycles. The summed E-state index contributed by atoms with van der Waals surface area (Å²) < 4.78 is 2.08. The number of nitrogens with one attached hydrogen (secondary N) is 1. The van der Waals surface area contributed by atoms with E-state index in [1.165, 1.54) is 11.8 Å². The van der Waals surface area contributed by atoms with E-state index < -0.39 is 6.10 Å². The lowest BCUT2D eigenvalue weighted by atomic mass is 10.1. The summed E-state index contributed by atoms with van der Waals surface area (Å²) in [5, 5.41) is 24.8. The Morgan fingerprint density at radius 1 is 1.50 bits per heavy atom. The van der Waals surface area contributed by atoms with Crippen molar-refractivity contribution in [2.45, 2.75) is 44.0 Å². The van der Waals surface area contributed by atoms with Crippen molar-refractivity contribution in [3.05, 3.63) is 17.3 Å². The smallest absolute Gasteiger partial charge is 0.194 e. The van der Waals surface area contributed by atoms with Gasteiger partial charge in [-0.15, -0.1) is 23.1 Å². The molecule has 0 saturated carbocycles. The number of imidazole rings is 1. The summed E-state index contributed by atoms with van der Waals surface area (Å²) in [7, 11) is 0. The van der Waals surface area contributed by atoms with Crippen LogP contribution in [0.15, 0.2) is 16.6 Å². The van der Waals surface area contributed by atoms with Crippen LogP contribution < -0.4 is 5.32 Å². The number of aliphatic hydroxyl groups is 2. The van der Waals surface area contributed by atoms with Crippen molar-refractivity contribution in [1.29, 1.82) is 0 Å². The first-order chi connectivity index (χ1) is 9.40. The average Bonchev–Trinajstić information content (AvgIpc) is 2.92. The molecule has 2 aromatic heterocycles. The third kappa shape index (κ3) is 3.95. The number of thioether (sulfide) groups is 1. The van der Waals surface area contributed by atoms with Crippen LogP contribution >= 0.6 is 23.1 Å². The summed E-state index contributed by atoms with van der Waals surface area (Å²) in [6.45, 7) is 6.88. The molecule has 112 valence electrons. The number of thiazole rings is 1. The van der Waals surface area contributed by atoms with Crippen molar-refractivity contribution in [3.8, 4) is 0 Å². The van der Waals surface area contributed by atoms with Gasteiger partial charge in [0.1, 0.15) is 5.03 Å². The van der Waals surface area contributed by atoms with Gasteiger partial charge in [0.15, 0.2) is 4.96 Å². The van der Waals surface area contributed by atoms with E-state index in [2.05, 4.69) is 35.5 Å². The highest BCUT2D eigenvalue weighted by Crippen LogP contribution is 2.26. The minimum absolute atomic E-state index is 0.0344. The van der Waals surface area contributed by atoms with Gasteiger partial charge < -0.3 is 15.5 Å². The second-order valence-electron chi connectivity index (χ2n) is 5.67. The second kappa shape index (κ2) is 6.44. The Morgan fingerprint density at radius 2 is 2.25 bits per heavy atom. The van der Waals surface area contributed by atoms with E-state index in [1.54, 1.807) is 11.3 Å². The van der Waals surface area contributed by atoms with Crippen LogP contribution in [0.25, 0.3) is 4.96 Å². The highest BCUT2D eigenvalue weighted by molar-refractivity contribution is 7.99. The molecule has 0 bridgehead atoms. The molecule has 0 fully saturated rings. The molecule has 5 nitrogen and oxygen atoms in total. The lowest BCUT2D eigenvalue weighted by Crippen LogP contribution is -2.35. The predicted molar refractivity (Wildman–Crippen MR) is 83.5 cm³/mol. The van der Waals surface area contributed by atoms with Crippen molar-refractivity contribution in [1.82, 2.24) is 14.7 Å². The van der Waals surface area contributed by atoms with Gasteiger partial charge in [0.25, 0.3) is 0 Å². The van der Waals surface area contributed by atoms with Crippen LogP contribution in [0.5, 0.6) is 0 Å². The molecule has 1 unspecified atom stereocenters. The highest BCUT2D eigenvalue weighted by Gasteiger charge is 2.17. The highest BCUT2D eigenvalue weighted by atomic mass is 32.2. The quantitative estimate of drug-likeness (QED) is 0.708. The van der Waals surface area contributed by atoms with Crippen molar-refractivity contribution < 1.29 is 10.2 Å². The van der Waals surface area contributed by atoms with E-state index in [4.69, 9.17) is 5.11 Å². The van der Waals surface area contributed by atoms with E-state index in [-0.39, 0.29) is 12.1 Å². The van der Waals surface area contributed by atoms with Crippen LogP contribution in [-0.4, -0.2) is 43.6 Å². The first-order valence-electron chi connectivity index (χ1n) is 6.52. The molecule has 0 radical (unpaired) electrons. The number of rotatable bonds is 6. The van der Waals surface area contributed by atoms with E-state index >= 15 is 0 Å². The fourth-order valence-electron chi connectivity index (χ4n) is 1.67. The largest absolute Gasteiger partial charge is 0.394 e. The maximum absolute atomic E-state index is 9.48. The van der Waals surface area contributed by atoms with Crippen LogP contribution in [0.2, 0.25) is 0 Å². The van der Waals surface area contributed by atoms with Gasteiger partial charge in [-0.1, -0.05) is 0 Å². The molecule has 0 saturated heterocycles. The first kappa shape index (κ1) is 15.8. The molecule has 20 heavy (non-hydrogen) atoms. The van der Waals surface area contributed by atoms with Gasteiger partial charge in [-0.3, -0.25) is 4.40 Å². The van der Waals surface area contributed by atoms with Gasteiger partial charge in [-0.05, 0) is 20.8 Å². The number of aliphatic hydroxyl groups excluding tert-OH is 2. The van der Waals surface area contributed by atoms with Crippen molar-refractivity contribution in [2.24, 2.45) is 0 Å². The molecular weight excluding hydrogens is 294 g/mol. The van der Waals surface area contributed by atoms with Gasteiger partial charge in [0.05, 0.1) is 18.4 Å². The molecule has 7 heteroatoms. The van der Waals surface area contributed by atoms with Crippen molar-refractivity contribution in [3.63, 3.8) is 0 Å². The van der Waals surface area contributed by atoms with E-state index in [1.807, 2.05) is 11.6 Å². The fourth-order valence-corrected chi connectivity index (χ4v) is 3.40. The molecule has 2 aromatic rings. The molecule has 2 rings (SSSR count). The van der Waals surface area contributed by atoms with Crippen LogP contribution in [-0.2, 0) is 6.54 Å². The topological polar surface area (TPSA) is 69.8 Å². The van der Waals surface area contributed by atoms with Crippen LogP contribution in [0.1, 0.15) is 26.5 Å². The molecule has 0 aliphatic carbocycles. The van der Waals surface area contributed by atoms with Gasteiger partial charge in [0.2, 0.25) is 0 Å². The molecular formula is C13H21N3O2S2. The summed E-state index contributed by atoms with van der Waals surface area (Å²) in [4.78, 5) is 5.55. The lowest BCUT2D eigenvalue weighted by molar-refractivity contribution is 0.113. The summed E-state index contributed by atoms with van der Waals surface area (Å²) in [6.07, 6.45) is 1.31. The zero-order valence-electron chi connectivity index (χ0n) is 12.0. The van der Waals surface area contributed by atoms with E-state index in [9.17, 15) is 5.11 Å². The van der Waals surface area contributed by atoms with E-state index in [0.717, 1.165) is 22.2 Å². The van der Waals surface area contributed by atoms with Crippen LogP contribution in [0.4, 0.5) is 0 Å². The van der Waals surface area contributed by atoms with Gasteiger partial charge in [0, 0.05) is 29.4 Å². The summed E-state index contributed by atoms with van der Waals surface area (Å²) in [6, 6.07) is 0. The third-order valence-electron chi connectivity index (χ3n) is 2.73. The van der Waals surface area contributed by atoms with Crippen LogP contribution in [0.3, 0.4) is 0 Å². The molecule has 0 amide bonds. The predicted octanol–water partition coefficient (Wildman–Crippen LogP) is 1.73. The van der Waals surface area contributed by atoms with Crippen LogP contribution in [0, 0.1) is 0 Å². The SMILES string of the molecule is CC(C)(C)NCc1c(SCC(O)CO)nc2sccn12. The van der Waals surface area contributed by atoms with Crippen molar-refractivity contribution >= 4 is 28.1 Å². The molecule has 0 aromatic carbocycles. The lowest BCUT2D eigenvalue weighted by Gasteiger charge is -2.20. The Hall–Kier alpha value is -0.600. The Kier molecular flexibility index (Phi) is 5.09. The zero-order chi connectivity index (χ0) is 14.8. The van der Waals surface area contributed by atoms with Gasteiger partial charge in [-0.25, -0.2) is 4.98 Å². The van der Waals surface area contributed by atoms with E-state index in [0.29, 0.717) is 5.75 Å². The van der Waals surface area contributed by atoms with Gasteiger partial charge in [-0.2, -0.15) is 0 Å². The second-order valence-corrected chi connectivity index (χ2v) is 7.55. The number of hydrogen-bond donors (Lipinski definition) is 3. The molecule has 2 heterocycles. The monoisotopic (exact) mass is 315 g/mol. The average molecular weight is 315 g/mol. The Bertz CT molecular complexity index is 559. The van der Waals surface area contributed by atoms with Gasteiger partial charge >= 0.3 is 0 Å². The number of fused-ring (bicyclic) bond motifs is 1. The minimum Gasteiger partial charge on any atom is -0.394 e. The Labute approximate surface area is 127 Å². The summed E-state index contributed by atoms with van der Waals surface area (Å²) in [5.41, 5.74) is 1.14. The molecule has 0 aliphatic rings. The molecule has 1 atom stereocenters. The number of aromatic nitrogens is 2. The summed E-state index contributed by atoms with van der Waals surface area (Å²) >= 11 is 3.08. The normalized spacial score (nSPS) is 14.1. The Balaban J connectivity index is 2.17. The maximum Gasteiger partial charge on any atom is 0.194 e. The molecule has 0 spiro atoms. The van der Waals surface area contributed by atoms with Crippen molar-refractivity contribution in [2.75, 3.05) is 12.4 Å². The summed E-state index contributed by atoms with van der Waals surface area (Å²) in [5.74, 6) is 0.448. The first-order valence-corrected chi connectivity index (χ1v) is 8.38. The standard InChI is InChI=1S/C13H21N3O2S2/c1-13(2,3)14-6-10-11(20-8-9(18)7-17)15-12-16(10)4-5-19-12/h4-5,9,14,17-18H,6-8H2,1-3H3. The Morgan fingerprint density at radius 3 is 2.90 bits per heavy atom.